The molecule has 0 N–H and O–H groups in total. The molecule has 19 heavy (non-hydrogen) atoms. The van der Waals surface area contributed by atoms with Gasteiger partial charge in [-0.25, -0.2) is 4.79 Å². The number of fused-ring (bicyclic) bond motifs is 1. The van der Waals surface area contributed by atoms with Crippen LogP contribution >= 0.6 is 0 Å². The average Bonchev–Trinajstić information content (AvgIpc) is 3.07. The second-order valence-corrected chi connectivity index (χ2v) is 4.32. The Kier molecular flexibility index (Phi) is 2.98. The van der Waals surface area contributed by atoms with Crippen molar-refractivity contribution in [2.75, 3.05) is 18.1 Å². The van der Waals surface area contributed by atoms with Crippen LogP contribution < -0.4 is 4.90 Å². The highest BCUT2D eigenvalue weighted by atomic mass is 16.5. The Morgan fingerprint density at radius 2 is 2.42 bits per heavy atom. The standard InChI is InChI=1S/C11H14N6O2/c1-2-19-11(18)8-4-3-7-16(8)10-6-5-9-12-14-15-17(9)13-10/h5-6,8H,2-4,7H2,1H3. The molecule has 0 bridgehead atoms. The molecule has 1 aliphatic heterocycles. The molecular weight excluding hydrogens is 248 g/mol. The molecule has 2 aromatic rings. The van der Waals surface area contributed by atoms with Crippen LogP contribution in [0, 0.1) is 0 Å². The second kappa shape index (κ2) is 4.79. The summed E-state index contributed by atoms with van der Waals surface area (Å²) in [6.45, 7) is 2.98. The fraction of sp³-hybridized carbons (Fsp3) is 0.545. The number of ether oxygens (including phenoxy) is 1. The fourth-order valence-electron chi connectivity index (χ4n) is 2.32. The lowest BCUT2D eigenvalue weighted by atomic mass is 10.2. The molecule has 1 unspecified atom stereocenters. The number of rotatable bonds is 3. The lowest BCUT2D eigenvalue weighted by molar-refractivity contribution is -0.144. The minimum absolute atomic E-state index is 0.196. The number of carbonyl (C=O) groups is 1. The number of hydrogen-bond donors (Lipinski definition) is 0. The van der Waals surface area contributed by atoms with Gasteiger partial charge in [-0.2, -0.15) is 0 Å². The van der Waals surface area contributed by atoms with Gasteiger partial charge in [-0.3, -0.25) is 0 Å². The van der Waals surface area contributed by atoms with E-state index in [0.29, 0.717) is 18.1 Å². The van der Waals surface area contributed by atoms with E-state index in [9.17, 15) is 4.79 Å². The Morgan fingerprint density at radius 3 is 3.26 bits per heavy atom. The summed E-state index contributed by atoms with van der Waals surface area (Å²) in [5, 5.41) is 15.4. The predicted octanol–water partition coefficient (Wildman–Crippen LogP) is 0.0512. The van der Waals surface area contributed by atoms with Crippen LogP contribution in [-0.2, 0) is 9.53 Å². The molecule has 2 aromatic heterocycles. The van der Waals surface area contributed by atoms with Gasteiger partial charge < -0.3 is 9.64 Å². The fourth-order valence-corrected chi connectivity index (χ4v) is 2.32. The molecule has 0 saturated carbocycles. The van der Waals surface area contributed by atoms with Crippen molar-refractivity contribution in [2.24, 2.45) is 0 Å². The van der Waals surface area contributed by atoms with Crippen molar-refractivity contribution in [3.05, 3.63) is 12.1 Å². The molecular formula is C11H14N6O2. The number of anilines is 1. The first-order valence-corrected chi connectivity index (χ1v) is 6.28. The number of nitrogens with zero attached hydrogens (tertiary/aromatic N) is 6. The van der Waals surface area contributed by atoms with Gasteiger partial charge in [-0.15, -0.1) is 14.8 Å². The highest BCUT2D eigenvalue weighted by Gasteiger charge is 2.33. The van der Waals surface area contributed by atoms with Crippen molar-refractivity contribution < 1.29 is 9.53 Å². The third-order valence-electron chi connectivity index (χ3n) is 3.16. The van der Waals surface area contributed by atoms with Crippen molar-refractivity contribution in [1.82, 2.24) is 25.3 Å². The zero-order valence-corrected chi connectivity index (χ0v) is 10.6. The maximum atomic E-state index is 11.9. The van der Waals surface area contributed by atoms with Gasteiger partial charge in [0.2, 0.25) is 0 Å². The molecule has 1 fully saturated rings. The maximum absolute atomic E-state index is 11.9. The summed E-state index contributed by atoms with van der Waals surface area (Å²) < 4.78 is 6.45. The lowest BCUT2D eigenvalue weighted by Gasteiger charge is -2.23. The van der Waals surface area contributed by atoms with Crippen molar-refractivity contribution in [3.63, 3.8) is 0 Å². The summed E-state index contributed by atoms with van der Waals surface area (Å²) >= 11 is 0. The summed E-state index contributed by atoms with van der Waals surface area (Å²) in [7, 11) is 0. The first-order chi connectivity index (χ1) is 9.29. The second-order valence-electron chi connectivity index (χ2n) is 4.32. The van der Waals surface area contributed by atoms with E-state index in [1.807, 2.05) is 17.9 Å². The molecule has 3 heterocycles. The molecule has 0 radical (unpaired) electrons. The first-order valence-electron chi connectivity index (χ1n) is 6.28. The van der Waals surface area contributed by atoms with Crippen LogP contribution in [0.3, 0.4) is 0 Å². The third kappa shape index (κ3) is 2.09. The Balaban J connectivity index is 1.88. The Labute approximate surface area is 109 Å². The minimum atomic E-state index is -0.263. The topological polar surface area (TPSA) is 85.5 Å². The highest BCUT2D eigenvalue weighted by Crippen LogP contribution is 2.24. The molecule has 0 amide bonds. The van der Waals surface area contributed by atoms with Crippen molar-refractivity contribution in [3.8, 4) is 0 Å². The molecule has 1 atom stereocenters. The largest absolute Gasteiger partial charge is 0.464 e. The van der Waals surface area contributed by atoms with E-state index < -0.39 is 0 Å². The van der Waals surface area contributed by atoms with Crippen LogP contribution in [0.4, 0.5) is 5.82 Å². The van der Waals surface area contributed by atoms with E-state index >= 15 is 0 Å². The average molecular weight is 262 g/mol. The number of tetrazole rings is 1. The molecule has 3 rings (SSSR count). The van der Waals surface area contributed by atoms with Crippen molar-refractivity contribution in [1.29, 1.82) is 0 Å². The van der Waals surface area contributed by atoms with Gasteiger partial charge in [0, 0.05) is 6.54 Å². The lowest BCUT2D eigenvalue weighted by Crippen LogP contribution is -2.38. The first kappa shape index (κ1) is 11.8. The quantitative estimate of drug-likeness (QED) is 0.722. The smallest absolute Gasteiger partial charge is 0.328 e. The molecule has 0 aliphatic carbocycles. The predicted molar refractivity (Wildman–Crippen MR) is 65.6 cm³/mol. The zero-order chi connectivity index (χ0) is 13.2. The van der Waals surface area contributed by atoms with E-state index in [-0.39, 0.29) is 12.0 Å². The van der Waals surface area contributed by atoms with Crippen LogP contribution in [0.15, 0.2) is 12.1 Å². The normalized spacial score (nSPS) is 19.0. The van der Waals surface area contributed by atoms with E-state index in [1.165, 1.54) is 4.63 Å². The van der Waals surface area contributed by atoms with Gasteiger partial charge in [0.15, 0.2) is 11.5 Å². The molecule has 8 heteroatoms. The molecule has 1 saturated heterocycles. The van der Waals surface area contributed by atoms with E-state index in [0.717, 1.165) is 19.4 Å². The van der Waals surface area contributed by atoms with Gasteiger partial charge in [0.05, 0.1) is 6.61 Å². The molecule has 0 aromatic carbocycles. The number of aromatic nitrogens is 5. The summed E-state index contributed by atoms with van der Waals surface area (Å²) in [6, 6.07) is 3.34. The van der Waals surface area contributed by atoms with Gasteiger partial charge in [0.25, 0.3) is 0 Å². The minimum Gasteiger partial charge on any atom is -0.464 e. The van der Waals surface area contributed by atoms with Crippen LogP contribution in [0.5, 0.6) is 0 Å². The van der Waals surface area contributed by atoms with E-state index in [1.54, 1.807) is 6.07 Å². The molecule has 1 aliphatic rings. The van der Waals surface area contributed by atoms with Crippen molar-refractivity contribution >= 4 is 17.4 Å². The zero-order valence-electron chi connectivity index (χ0n) is 10.6. The summed E-state index contributed by atoms with van der Waals surface area (Å²) in [5.41, 5.74) is 0.579. The van der Waals surface area contributed by atoms with Crippen LogP contribution in [0.2, 0.25) is 0 Å². The summed E-state index contributed by atoms with van der Waals surface area (Å²) in [4.78, 5) is 13.8. The van der Waals surface area contributed by atoms with Gasteiger partial charge in [-0.1, -0.05) is 0 Å². The number of esters is 1. The number of carbonyl (C=O) groups excluding carboxylic acids is 1. The van der Waals surface area contributed by atoms with Gasteiger partial charge >= 0.3 is 5.97 Å². The van der Waals surface area contributed by atoms with Crippen LogP contribution in [-0.4, -0.2) is 50.4 Å². The van der Waals surface area contributed by atoms with Gasteiger partial charge in [0.1, 0.15) is 6.04 Å². The van der Waals surface area contributed by atoms with Crippen molar-refractivity contribution in [2.45, 2.75) is 25.8 Å². The van der Waals surface area contributed by atoms with E-state index in [2.05, 4.69) is 20.6 Å². The van der Waals surface area contributed by atoms with Crippen LogP contribution in [0.1, 0.15) is 19.8 Å². The SMILES string of the molecule is CCOC(=O)C1CCCN1c1ccc2nnnn2n1. The highest BCUT2D eigenvalue weighted by molar-refractivity contribution is 5.80. The monoisotopic (exact) mass is 262 g/mol. The van der Waals surface area contributed by atoms with E-state index in [4.69, 9.17) is 4.74 Å². The summed E-state index contributed by atoms with van der Waals surface area (Å²) in [6.07, 6.45) is 1.73. The van der Waals surface area contributed by atoms with Gasteiger partial charge in [-0.05, 0) is 42.3 Å². The third-order valence-corrected chi connectivity index (χ3v) is 3.16. The molecule has 8 nitrogen and oxygen atoms in total. The maximum Gasteiger partial charge on any atom is 0.328 e. The van der Waals surface area contributed by atoms with Crippen LogP contribution in [0.25, 0.3) is 5.65 Å². The molecule has 100 valence electrons. The number of hydrogen-bond acceptors (Lipinski definition) is 7. The molecule has 0 spiro atoms. The Bertz CT molecular complexity index is 598. The summed E-state index contributed by atoms with van der Waals surface area (Å²) in [5.74, 6) is 0.494. The Morgan fingerprint density at radius 1 is 1.53 bits per heavy atom. The Hall–Kier alpha value is -2.25.